The first-order valence-corrected chi connectivity index (χ1v) is 9.62. The number of amides is 2. The topological polar surface area (TPSA) is 58.6 Å². The molecule has 1 saturated heterocycles. The summed E-state index contributed by atoms with van der Waals surface area (Å²) in [5.41, 5.74) is 0.668. The number of nitrogens with zero attached hydrogens (tertiary/aromatic N) is 1. The Kier molecular flexibility index (Phi) is 7.43. The number of piperidine rings is 1. The minimum Gasteiger partial charge on any atom is -0.492 e. The zero-order chi connectivity index (χ0) is 17.4. The van der Waals surface area contributed by atoms with E-state index in [0.29, 0.717) is 29.7 Å². The van der Waals surface area contributed by atoms with Gasteiger partial charge in [0.2, 0.25) is 11.8 Å². The molecule has 0 radical (unpaired) electrons. The van der Waals surface area contributed by atoms with Crippen LogP contribution in [-0.4, -0.2) is 47.9 Å². The molecule has 1 aromatic rings. The maximum atomic E-state index is 12.1. The number of thioether (sulfide) groups is 1. The Balaban J connectivity index is 1.72. The van der Waals surface area contributed by atoms with E-state index in [9.17, 15) is 9.59 Å². The molecule has 5 nitrogen and oxygen atoms in total. The second-order valence-electron chi connectivity index (χ2n) is 6.03. The highest BCUT2D eigenvalue weighted by Crippen LogP contribution is 2.24. The molecule has 2 rings (SSSR count). The summed E-state index contributed by atoms with van der Waals surface area (Å²) in [5, 5.41) is 2.84. The van der Waals surface area contributed by atoms with Gasteiger partial charge in [0.15, 0.2) is 0 Å². The summed E-state index contributed by atoms with van der Waals surface area (Å²) in [7, 11) is 0. The second-order valence-corrected chi connectivity index (χ2v) is 7.02. The van der Waals surface area contributed by atoms with Gasteiger partial charge in [-0.15, -0.1) is 11.8 Å². The van der Waals surface area contributed by atoms with E-state index in [0.717, 1.165) is 25.9 Å². The first-order chi connectivity index (χ1) is 11.6. The summed E-state index contributed by atoms with van der Waals surface area (Å²) in [6.45, 7) is 6.36. The zero-order valence-electron chi connectivity index (χ0n) is 14.4. The number of hydrogen-bond donors (Lipinski definition) is 1. The molecule has 0 unspecified atom stereocenters. The van der Waals surface area contributed by atoms with Crippen molar-refractivity contribution in [3.8, 4) is 5.75 Å². The minimum absolute atomic E-state index is 0.118. The smallest absolute Gasteiger partial charge is 0.234 e. The third-order valence-electron chi connectivity index (χ3n) is 4.06. The molecule has 0 aliphatic carbocycles. The van der Waals surface area contributed by atoms with Gasteiger partial charge < -0.3 is 15.0 Å². The van der Waals surface area contributed by atoms with Crippen LogP contribution in [0.4, 0.5) is 5.69 Å². The molecule has 0 bridgehead atoms. The fraction of sp³-hybridized carbons (Fsp3) is 0.556. The highest BCUT2D eigenvalue weighted by Gasteiger charge is 2.20. The van der Waals surface area contributed by atoms with Crippen molar-refractivity contribution in [2.45, 2.75) is 26.7 Å². The molecule has 1 N–H and O–H groups in total. The van der Waals surface area contributed by atoms with Crippen LogP contribution < -0.4 is 10.1 Å². The van der Waals surface area contributed by atoms with Crippen LogP contribution in [-0.2, 0) is 9.59 Å². The van der Waals surface area contributed by atoms with Crippen molar-refractivity contribution in [2.24, 2.45) is 5.92 Å². The molecule has 6 heteroatoms. The van der Waals surface area contributed by atoms with Crippen molar-refractivity contribution < 1.29 is 14.3 Å². The van der Waals surface area contributed by atoms with Crippen LogP contribution in [0.2, 0.25) is 0 Å². The van der Waals surface area contributed by atoms with Crippen LogP contribution in [0.1, 0.15) is 26.7 Å². The molecule has 0 spiro atoms. The van der Waals surface area contributed by atoms with Gasteiger partial charge in [-0.25, -0.2) is 0 Å². The van der Waals surface area contributed by atoms with E-state index in [1.165, 1.54) is 11.8 Å². The molecule has 1 aliphatic rings. The molecule has 0 aromatic heterocycles. The summed E-state index contributed by atoms with van der Waals surface area (Å²) >= 11 is 1.36. The van der Waals surface area contributed by atoms with E-state index < -0.39 is 0 Å². The molecule has 1 fully saturated rings. The number of ether oxygens (including phenoxy) is 1. The first-order valence-electron chi connectivity index (χ1n) is 8.47. The van der Waals surface area contributed by atoms with Crippen molar-refractivity contribution in [3.63, 3.8) is 0 Å². The SMILES string of the molecule is CCOc1ccccc1NC(=O)CSCC(=O)N1CCC(C)CC1. The predicted molar refractivity (Wildman–Crippen MR) is 98.5 cm³/mol. The summed E-state index contributed by atoms with van der Waals surface area (Å²) in [4.78, 5) is 26.1. The van der Waals surface area contributed by atoms with E-state index in [-0.39, 0.29) is 17.6 Å². The lowest BCUT2D eigenvalue weighted by molar-refractivity contribution is -0.129. The minimum atomic E-state index is -0.118. The summed E-state index contributed by atoms with van der Waals surface area (Å²) < 4.78 is 5.49. The summed E-state index contributed by atoms with van der Waals surface area (Å²) in [6, 6.07) is 7.36. The zero-order valence-corrected chi connectivity index (χ0v) is 15.2. The Morgan fingerprint density at radius 2 is 1.96 bits per heavy atom. The molecular weight excluding hydrogens is 324 g/mol. The van der Waals surface area contributed by atoms with Crippen LogP contribution in [0.25, 0.3) is 0 Å². The van der Waals surface area contributed by atoms with Crippen molar-refractivity contribution in [2.75, 3.05) is 36.5 Å². The fourth-order valence-corrected chi connectivity index (χ4v) is 3.33. The van der Waals surface area contributed by atoms with Crippen LogP contribution in [0.5, 0.6) is 5.75 Å². The van der Waals surface area contributed by atoms with Gasteiger partial charge >= 0.3 is 0 Å². The molecule has 24 heavy (non-hydrogen) atoms. The van der Waals surface area contributed by atoms with Crippen molar-refractivity contribution in [1.82, 2.24) is 4.90 Å². The molecule has 2 amide bonds. The van der Waals surface area contributed by atoms with E-state index in [1.807, 2.05) is 36.1 Å². The third-order valence-corrected chi connectivity index (χ3v) is 4.97. The maximum absolute atomic E-state index is 12.1. The lowest BCUT2D eigenvalue weighted by Gasteiger charge is -2.30. The van der Waals surface area contributed by atoms with Crippen LogP contribution in [0.15, 0.2) is 24.3 Å². The van der Waals surface area contributed by atoms with Gasteiger partial charge in [-0.2, -0.15) is 0 Å². The number of para-hydroxylation sites is 2. The van der Waals surface area contributed by atoms with Crippen molar-refractivity contribution in [3.05, 3.63) is 24.3 Å². The van der Waals surface area contributed by atoms with Gasteiger partial charge in [0.25, 0.3) is 0 Å². The van der Waals surface area contributed by atoms with E-state index in [4.69, 9.17) is 4.74 Å². The number of likely N-dealkylation sites (tertiary alicyclic amines) is 1. The highest BCUT2D eigenvalue weighted by molar-refractivity contribution is 8.00. The number of benzene rings is 1. The van der Waals surface area contributed by atoms with Gasteiger partial charge in [-0.1, -0.05) is 19.1 Å². The number of rotatable bonds is 7. The van der Waals surface area contributed by atoms with Gasteiger partial charge in [-0.05, 0) is 37.8 Å². The van der Waals surface area contributed by atoms with Gasteiger partial charge in [0, 0.05) is 13.1 Å². The quantitative estimate of drug-likeness (QED) is 0.821. The first kappa shape index (κ1) is 18.6. The Bertz CT molecular complexity index is 557. The van der Waals surface area contributed by atoms with E-state index >= 15 is 0 Å². The van der Waals surface area contributed by atoms with Gasteiger partial charge in [0.1, 0.15) is 5.75 Å². The maximum Gasteiger partial charge on any atom is 0.234 e. The highest BCUT2D eigenvalue weighted by atomic mass is 32.2. The number of hydrogen-bond acceptors (Lipinski definition) is 4. The van der Waals surface area contributed by atoms with E-state index in [2.05, 4.69) is 12.2 Å². The average Bonchev–Trinajstić information content (AvgIpc) is 2.57. The Morgan fingerprint density at radius 3 is 2.67 bits per heavy atom. The Morgan fingerprint density at radius 1 is 1.25 bits per heavy atom. The molecular formula is C18H26N2O3S. The van der Waals surface area contributed by atoms with Crippen molar-refractivity contribution >= 4 is 29.3 Å². The standard InChI is InChI=1S/C18H26N2O3S/c1-3-23-16-7-5-4-6-15(16)19-17(21)12-24-13-18(22)20-10-8-14(2)9-11-20/h4-7,14H,3,8-13H2,1-2H3,(H,19,21). The Hall–Kier alpha value is -1.69. The van der Waals surface area contributed by atoms with Crippen molar-refractivity contribution in [1.29, 1.82) is 0 Å². The Labute approximate surface area is 148 Å². The molecule has 1 aliphatic heterocycles. The summed E-state index contributed by atoms with van der Waals surface area (Å²) in [6.07, 6.45) is 2.15. The summed E-state index contributed by atoms with van der Waals surface area (Å²) in [5.74, 6) is 2.00. The van der Waals surface area contributed by atoms with Crippen LogP contribution >= 0.6 is 11.8 Å². The van der Waals surface area contributed by atoms with Crippen LogP contribution in [0.3, 0.4) is 0 Å². The number of anilines is 1. The average molecular weight is 350 g/mol. The molecule has 1 aromatic carbocycles. The van der Waals surface area contributed by atoms with Crippen LogP contribution in [0, 0.1) is 5.92 Å². The predicted octanol–water partition coefficient (Wildman–Crippen LogP) is 3.02. The van der Waals surface area contributed by atoms with Gasteiger partial charge in [-0.3, -0.25) is 9.59 Å². The normalized spacial score (nSPS) is 15.2. The fourth-order valence-electron chi connectivity index (χ4n) is 2.62. The number of carbonyl (C=O) groups excluding carboxylic acids is 2. The lowest BCUT2D eigenvalue weighted by Crippen LogP contribution is -2.39. The molecule has 0 atom stereocenters. The van der Waals surface area contributed by atoms with E-state index in [1.54, 1.807) is 0 Å². The third kappa shape index (κ3) is 5.74. The second kappa shape index (κ2) is 9.57. The largest absolute Gasteiger partial charge is 0.492 e. The molecule has 0 saturated carbocycles. The molecule has 132 valence electrons. The number of carbonyl (C=O) groups is 2. The van der Waals surface area contributed by atoms with Gasteiger partial charge in [0.05, 0.1) is 23.8 Å². The monoisotopic (exact) mass is 350 g/mol. The number of nitrogens with one attached hydrogen (secondary N) is 1. The lowest BCUT2D eigenvalue weighted by atomic mass is 9.99. The molecule has 1 heterocycles.